The Kier molecular flexibility index (Phi) is 9.98. The maximum absolute atomic E-state index is 12.4. The molecule has 9 nitrogen and oxygen atoms in total. The molecule has 2 rings (SSSR count). The number of amides is 2. The molecule has 0 bridgehead atoms. The molecule has 1 saturated heterocycles. The van der Waals surface area contributed by atoms with Crippen molar-refractivity contribution in [2.45, 2.75) is 31.8 Å². The van der Waals surface area contributed by atoms with Crippen molar-refractivity contribution in [2.75, 3.05) is 46.1 Å². The minimum atomic E-state index is -3.62. The lowest BCUT2D eigenvalue weighted by atomic mass is 10.00. The number of likely N-dealkylation sites (tertiary alicyclic amines) is 1. The van der Waals surface area contributed by atoms with E-state index in [9.17, 15) is 18.0 Å². The molecule has 0 radical (unpaired) electrons. The van der Waals surface area contributed by atoms with Crippen LogP contribution in [0.25, 0.3) is 0 Å². The predicted molar refractivity (Wildman–Crippen MR) is 127 cm³/mol. The fourth-order valence-corrected chi connectivity index (χ4v) is 5.19. The van der Waals surface area contributed by atoms with Gasteiger partial charge in [-0.25, -0.2) is 8.42 Å². The van der Waals surface area contributed by atoms with Crippen molar-refractivity contribution in [3.8, 4) is 18.1 Å². The van der Waals surface area contributed by atoms with E-state index in [0.29, 0.717) is 36.7 Å². The summed E-state index contributed by atoms with van der Waals surface area (Å²) in [5.74, 6) is 1.90. The summed E-state index contributed by atoms with van der Waals surface area (Å²) in [6, 6.07) is 5.46. The highest BCUT2D eigenvalue weighted by Gasteiger charge is 2.33. The summed E-state index contributed by atoms with van der Waals surface area (Å²) in [4.78, 5) is 26.1. The Labute approximate surface area is 200 Å². The van der Waals surface area contributed by atoms with Crippen LogP contribution in [0.1, 0.15) is 31.4 Å². The molecule has 2 N–H and O–H groups in total. The molecular formula is C22H31ClN4O5S. The van der Waals surface area contributed by atoms with Gasteiger partial charge in [-0.3, -0.25) is 14.5 Å². The van der Waals surface area contributed by atoms with E-state index in [1.165, 1.54) is 4.31 Å². The van der Waals surface area contributed by atoms with Gasteiger partial charge in [-0.15, -0.1) is 6.42 Å². The van der Waals surface area contributed by atoms with Crippen LogP contribution < -0.4 is 15.4 Å². The number of piperidine rings is 1. The van der Waals surface area contributed by atoms with Crippen molar-refractivity contribution in [2.24, 2.45) is 0 Å². The average Bonchev–Trinajstić information content (AvgIpc) is 2.78. The standard InChI is InChI=1S/C22H31ClN4O5S/c1-5-10-24-21(28)14-25-22(29)15-27(33(4,30)31)18-8-11-26(12-9-18)16(2)17-6-7-20(32-3)19(23)13-17/h1,6-7,13,16,18H,8-12,14-15H2,2-4H3,(H,24,28)(H,25,29). The number of halogens is 1. The lowest BCUT2D eigenvalue weighted by Gasteiger charge is -2.39. The van der Waals surface area contributed by atoms with Crippen molar-refractivity contribution in [1.29, 1.82) is 0 Å². The van der Waals surface area contributed by atoms with Crippen LogP contribution in [0, 0.1) is 12.3 Å². The van der Waals surface area contributed by atoms with Gasteiger partial charge in [0.25, 0.3) is 0 Å². The highest BCUT2D eigenvalue weighted by Crippen LogP contribution is 2.31. The van der Waals surface area contributed by atoms with E-state index in [1.54, 1.807) is 7.11 Å². The zero-order chi connectivity index (χ0) is 24.6. The first-order chi connectivity index (χ1) is 15.6. The van der Waals surface area contributed by atoms with Gasteiger partial charge in [0.2, 0.25) is 21.8 Å². The van der Waals surface area contributed by atoms with Crippen molar-refractivity contribution < 1.29 is 22.7 Å². The summed E-state index contributed by atoms with van der Waals surface area (Å²) in [5, 5.41) is 5.41. The highest BCUT2D eigenvalue weighted by molar-refractivity contribution is 7.88. The Hall–Kier alpha value is -2.32. The number of nitrogens with zero attached hydrogens (tertiary/aromatic N) is 2. The minimum Gasteiger partial charge on any atom is -0.495 e. The number of ether oxygens (including phenoxy) is 1. The third kappa shape index (κ3) is 7.89. The molecule has 2 amide bonds. The molecule has 1 unspecified atom stereocenters. The normalized spacial score (nSPS) is 16.1. The van der Waals surface area contributed by atoms with E-state index >= 15 is 0 Å². The summed E-state index contributed by atoms with van der Waals surface area (Å²) in [6.45, 7) is 2.86. The second-order valence-electron chi connectivity index (χ2n) is 7.90. The summed E-state index contributed by atoms with van der Waals surface area (Å²) in [7, 11) is -2.05. The Balaban J connectivity index is 1.96. The number of hydrogen-bond acceptors (Lipinski definition) is 6. The van der Waals surface area contributed by atoms with E-state index in [-0.39, 0.29) is 31.7 Å². The SMILES string of the molecule is C#CCNC(=O)CNC(=O)CN(C1CCN(C(C)c2ccc(OC)c(Cl)c2)CC1)S(C)(=O)=O. The van der Waals surface area contributed by atoms with Gasteiger partial charge in [-0.05, 0) is 37.5 Å². The lowest BCUT2D eigenvalue weighted by Crippen LogP contribution is -2.51. The summed E-state index contributed by atoms with van der Waals surface area (Å²) in [6.07, 6.45) is 7.32. The van der Waals surface area contributed by atoms with E-state index < -0.39 is 21.8 Å². The molecule has 0 saturated carbocycles. The minimum absolute atomic E-state index is 0.0594. The second kappa shape index (κ2) is 12.2. The number of benzene rings is 1. The lowest BCUT2D eigenvalue weighted by molar-refractivity contribution is -0.126. The molecule has 1 fully saturated rings. The van der Waals surface area contributed by atoms with Crippen LogP contribution in [0.3, 0.4) is 0 Å². The van der Waals surface area contributed by atoms with Crippen LogP contribution >= 0.6 is 11.6 Å². The van der Waals surface area contributed by atoms with Crippen molar-refractivity contribution in [3.05, 3.63) is 28.8 Å². The monoisotopic (exact) mass is 498 g/mol. The molecule has 0 spiro atoms. The number of nitrogens with one attached hydrogen (secondary N) is 2. The van der Waals surface area contributed by atoms with Crippen molar-refractivity contribution in [3.63, 3.8) is 0 Å². The number of sulfonamides is 1. The molecule has 1 aromatic carbocycles. The van der Waals surface area contributed by atoms with Crippen LogP contribution in [0.15, 0.2) is 18.2 Å². The smallest absolute Gasteiger partial charge is 0.240 e. The molecule has 11 heteroatoms. The van der Waals surface area contributed by atoms with Crippen molar-refractivity contribution >= 4 is 33.4 Å². The highest BCUT2D eigenvalue weighted by atomic mass is 35.5. The Morgan fingerprint density at radius 1 is 1.30 bits per heavy atom. The first kappa shape index (κ1) is 26.9. The van der Waals surface area contributed by atoms with E-state index in [2.05, 4.69) is 28.4 Å². The Morgan fingerprint density at radius 2 is 1.97 bits per heavy atom. The molecule has 1 aliphatic rings. The third-order valence-electron chi connectivity index (χ3n) is 5.67. The molecule has 33 heavy (non-hydrogen) atoms. The van der Waals surface area contributed by atoms with Gasteiger partial charge in [0.05, 0.1) is 38.0 Å². The van der Waals surface area contributed by atoms with Gasteiger partial charge in [-0.2, -0.15) is 4.31 Å². The van der Waals surface area contributed by atoms with Crippen LogP contribution in [0.5, 0.6) is 5.75 Å². The number of methoxy groups -OCH3 is 1. The quantitative estimate of drug-likeness (QED) is 0.466. The van der Waals surface area contributed by atoms with Gasteiger partial charge in [0, 0.05) is 25.2 Å². The fourth-order valence-electron chi connectivity index (χ4n) is 3.82. The summed E-state index contributed by atoms with van der Waals surface area (Å²) < 4.78 is 31.2. The van der Waals surface area contributed by atoms with Crippen LogP contribution in [0.4, 0.5) is 0 Å². The molecule has 1 atom stereocenters. The Bertz CT molecular complexity index is 987. The van der Waals surface area contributed by atoms with Gasteiger partial charge in [0.15, 0.2) is 0 Å². The van der Waals surface area contributed by atoms with E-state index in [0.717, 1.165) is 11.8 Å². The van der Waals surface area contributed by atoms with Gasteiger partial charge < -0.3 is 15.4 Å². The zero-order valence-electron chi connectivity index (χ0n) is 19.1. The maximum Gasteiger partial charge on any atom is 0.240 e. The maximum atomic E-state index is 12.4. The molecule has 1 aliphatic heterocycles. The fraction of sp³-hybridized carbons (Fsp3) is 0.545. The first-order valence-corrected chi connectivity index (χ1v) is 12.8. The number of rotatable bonds is 10. The first-order valence-electron chi connectivity index (χ1n) is 10.6. The summed E-state index contributed by atoms with van der Waals surface area (Å²) in [5.41, 5.74) is 1.04. The zero-order valence-corrected chi connectivity index (χ0v) is 20.7. The predicted octanol–water partition coefficient (Wildman–Crippen LogP) is 1.00. The Morgan fingerprint density at radius 3 is 2.52 bits per heavy atom. The van der Waals surface area contributed by atoms with E-state index in [1.807, 2.05) is 18.2 Å². The van der Waals surface area contributed by atoms with Gasteiger partial charge >= 0.3 is 0 Å². The van der Waals surface area contributed by atoms with Crippen LogP contribution in [-0.2, 0) is 19.6 Å². The molecule has 1 aromatic rings. The average molecular weight is 499 g/mol. The van der Waals surface area contributed by atoms with E-state index in [4.69, 9.17) is 22.8 Å². The van der Waals surface area contributed by atoms with Crippen molar-refractivity contribution in [1.82, 2.24) is 19.8 Å². The number of carbonyl (C=O) groups excluding carboxylic acids is 2. The second-order valence-corrected chi connectivity index (χ2v) is 10.2. The summed E-state index contributed by atoms with van der Waals surface area (Å²) >= 11 is 6.26. The third-order valence-corrected chi connectivity index (χ3v) is 7.25. The topological polar surface area (TPSA) is 108 Å². The van der Waals surface area contributed by atoms with Gasteiger partial charge in [-0.1, -0.05) is 23.6 Å². The largest absolute Gasteiger partial charge is 0.495 e. The van der Waals surface area contributed by atoms with Crippen LogP contribution in [-0.4, -0.2) is 81.6 Å². The molecule has 1 heterocycles. The van der Waals surface area contributed by atoms with Gasteiger partial charge in [0.1, 0.15) is 5.75 Å². The molecule has 0 aliphatic carbocycles. The molecule has 182 valence electrons. The molecular weight excluding hydrogens is 468 g/mol. The van der Waals surface area contributed by atoms with Crippen LogP contribution in [0.2, 0.25) is 5.02 Å². The molecule has 0 aromatic heterocycles. The number of carbonyl (C=O) groups is 2. The number of terminal acetylenes is 1. The number of hydrogen-bond donors (Lipinski definition) is 2.